The van der Waals surface area contributed by atoms with Gasteiger partial charge in [0.05, 0.1) is 24.5 Å². The molecule has 1 N–H and O–H groups in total. The molecule has 0 unspecified atom stereocenters. The molecule has 0 fully saturated rings. The van der Waals surface area contributed by atoms with Gasteiger partial charge >= 0.3 is 6.18 Å². The highest BCUT2D eigenvalue weighted by atomic mass is 19.4. The normalized spacial score (nSPS) is 11.1. The third-order valence-corrected chi connectivity index (χ3v) is 3.53. The van der Waals surface area contributed by atoms with Gasteiger partial charge < -0.3 is 19.5 Å². The van der Waals surface area contributed by atoms with E-state index in [1.165, 1.54) is 25.3 Å². The Balaban J connectivity index is 2.23. The second-order valence-electron chi connectivity index (χ2n) is 5.46. The molecule has 0 spiro atoms. The van der Waals surface area contributed by atoms with E-state index in [2.05, 4.69) is 5.32 Å². The van der Waals surface area contributed by atoms with Crippen molar-refractivity contribution in [1.29, 1.82) is 0 Å². The van der Waals surface area contributed by atoms with E-state index in [4.69, 9.17) is 14.2 Å². The van der Waals surface area contributed by atoms with E-state index in [0.29, 0.717) is 12.4 Å². The fourth-order valence-electron chi connectivity index (χ4n) is 2.23. The maximum absolute atomic E-state index is 13.0. The minimum Gasteiger partial charge on any atom is -0.494 e. The van der Waals surface area contributed by atoms with Crippen molar-refractivity contribution in [2.75, 3.05) is 32.2 Å². The molecule has 0 saturated heterocycles. The summed E-state index contributed by atoms with van der Waals surface area (Å²) in [6, 6.07) is 9.19. The van der Waals surface area contributed by atoms with Gasteiger partial charge in [0, 0.05) is 12.7 Å². The van der Waals surface area contributed by atoms with Gasteiger partial charge in [-0.05, 0) is 49.4 Å². The number of amides is 1. The zero-order valence-corrected chi connectivity index (χ0v) is 14.9. The number of rotatable bonds is 8. The minimum absolute atomic E-state index is 0.0696. The number of methoxy groups -OCH3 is 1. The average molecular weight is 383 g/mol. The smallest absolute Gasteiger partial charge is 0.416 e. The fourth-order valence-corrected chi connectivity index (χ4v) is 2.23. The zero-order valence-electron chi connectivity index (χ0n) is 14.9. The molecule has 0 aliphatic heterocycles. The first-order valence-electron chi connectivity index (χ1n) is 8.22. The molecular formula is C19H20F3NO4. The summed E-state index contributed by atoms with van der Waals surface area (Å²) in [5.74, 6) is 0.157. The molecule has 5 nitrogen and oxygen atoms in total. The van der Waals surface area contributed by atoms with Crippen molar-refractivity contribution in [2.45, 2.75) is 13.1 Å². The quantitative estimate of drug-likeness (QED) is 0.688. The first-order chi connectivity index (χ1) is 12.8. The van der Waals surface area contributed by atoms with Crippen molar-refractivity contribution in [3.8, 4) is 11.5 Å². The van der Waals surface area contributed by atoms with E-state index in [9.17, 15) is 18.0 Å². The van der Waals surface area contributed by atoms with Crippen LogP contribution in [-0.4, -0.2) is 32.8 Å². The van der Waals surface area contributed by atoms with Crippen LogP contribution >= 0.6 is 0 Å². The summed E-state index contributed by atoms with van der Waals surface area (Å²) >= 11 is 0. The van der Waals surface area contributed by atoms with Crippen LogP contribution in [0.5, 0.6) is 11.5 Å². The van der Waals surface area contributed by atoms with Gasteiger partial charge in [-0.15, -0.1) is 0 Å². The van der Waals surface area contributed by atoms with Crippen LogP contribution in [0.1, 0.15) is 22.8 Å². The summed E-state index contributed by atoms with van der Waals surface area (Å²) in [5.41, 5.74) is -0.679. The van der Waals surface area contributed by atoms with Gasteiger partial charge in [-0.25, -0.2) is 0 Å². The Hall–Kier alpha value is -2.74. The Bertz CT molecular complexity index is 761. The number of carbonyl (C=O) groups is 1. The monoisotopic (exact) mass is 383 g/mol. The molecule has 0 bridgehead atoms. The van der Waals surface area contributed by atoms with Crippen LogP contribution in [0.15, 0.2) is 42.5 Å². The summed E-state index contributed by atoms with van der Waals surface area (Å²) in [6.07, 6.45) is -4.54. The molecular weight excluding hydrogens is 363 g/mol. The molecule has 0 heterocycles. The Kier molecular flexibility index (Phi) is 7.06. The molecule has 2 aromatic rings. The van der Waals surface area contributed by atoms with Crippen LogP contribution in [0.2, 0.25) is 0 Å². The predicted molar refractivity (Wildman–Crippen MR) is 94.4 cm³/mol. The molecule has 0 saturated carbocycles. The van der Waals surface area contributed by atoms with E-state index in [-0.39, 0.29) is 30.2 Å². The Labute approximate surface area is 155 Å². The van der Waals surface area contributed by atoms with Crippen LogP contribution in [0, 0.1) is 0 Å². The largest absolute Gasteiger partial charge is 0.494 e. The highest BCUT2D eigenvalue weighted by Gasteiger charge is 2.31. The summed E-state index contributed by atoms with van der Waals surface area (Å²) in [7, 11) is 1.48. The topological polar surface area (TPSA) is 56.8 Å². The van der Waals surface area contributed by atoms with E-state index < -0.39 is 17.6 Å². The number of anilines is 1. The Morgan fingerprint density at radius 1 is 1.04 bits per heavy atom. The van der Waals surface area contributed by atoms with Gasteiger partial charge in [-0.2, -0.15) is 13.2 Å². The molecule has 1 amide bonds. The summed E-state index contributed by atoms with van der Waals surface area (Å²) < 4.78 is 54.6. The molecule has 27 heavy (non-hydrogen) atoms. The maximum atomic E-state index is 13.0. The van der Waals surface area contributed by atoms with Gasteiger partial charge in [0.15, 0.2) is 0 Å². The van der Waals surface area contributed by atoms with Crippen molar-refractivity contribution in [3.63, 3.8) is 0 Å². The van der Waals surface area contributed by atoms with Crippen LogP contribution < -0.4 is 14.8 Å². The van der Waals surface area contributed by atoms with E-state index in [1.807, 2.05) is 6.92 Å². The minimum atomic E-state index is -4.54. The number of ether oxygens (including phenoxy) is 3. The van der Waals surface area contributed by atoms with Gasteiger partial charge in [0.2, 0.25) is 0 Å². The number of hydrogen-bond donors (Lipinski definition) is 1. The lowest BCUT2D eigenvalue weighted by atomic mass is 10.1. The van der Waals surface area contributed by atoms with Gasteiger partial charge in [-0.1, -0.05) is 0 Å². The predicted octanol–water partition coefficient (Wildman–Crippen LogP) is 4.38. The summed E-state index contributed by atoms with van der Waals surface area (Å²) in [5, 5.41) is 2.47. The Morgan fingerprint density at radius 2 is 1.74 bits per heavy atom. The number of alkyl halides is 3. The van der Waals surface area contributed by atoms with Crippen LogP contribution in [0.3, 0.4) is 0 Å². The molecule has 8 heteroatoms. The Morgan fingerprint density at radius 3 is 2.33 bits per heavy atom. The standard InChI is InChI=1S/C19H20F3NO4/c1-3-26-15-7-4-13(5-8-15)18(24)23-16-12-14(19(20,21)22)6-9-17(16)27-11-10-25-2/h4-9,12H,3,10-11H2,1-2H3,(H,23,24). The first-order valence-corrected chi connectivity index (χ1v) is 8.22. The number of hydrogen-bond acceptors (Lipinski definition) is 4. The molecule has 0 aliphatic rings. The maximum Gasteiger partial charge on any atom is 0.416 e. The third kappa shape index (κ3) is 5.89. The van der Waals surface area contributed by atoms with Gasteiger partial charge in [0.25, 0.3) is 5.91 Å². The van der Waals surface area contributed by atoms with Crippen molar-refractivity contribution in [2.24, 2.45) is 0 Å². The van der Waals surface area contributed by atoms with Crippen LogP contribution in [0.4, 0.5) is 18.9 Å². The molecule has 146 valence electrons. The van der Waals surface area contributed by atoms with Crippen molar-refractivity contribution in [1.82, 2.24) is 0 Å². The summed E-state index contributed by atoms with van der Waals surface area (Å²) in [6.45, 7) is 2.71. The SMILES string of the molecule is CCOc1ccc(C(=O)Nc2cc(C(F)(F)F)ccc2OCCOC)cc1. The molecule has 0 atom stereocenters. The van der Waals surface area contributed by atoms with E-state index in [1.54, 1.807) is 12.1 Å². The van der Waals surface area contributed by atoms with Crippen molar-refractivity contribution in [3.05, 3.63) is 53.6 Å². The second-order valence-corrected chi connectivity index (χ2v) is 5.46. The van der Waals surface area contributed by atoms with Crippen molar-refractivity contribution < 1.29 is 32.2 Å². The lowest BCUT2D eigenvalue weighted by Crippen LogP contribution is -2.15. The number of nitrogens with one attached hydrogen (secondary N) is 1. The number of halogens is 3. The average Bonchev–Trinajstić information content (AvgIpc) is 2.63. The molecule has 0 radical (unpaired) electrons. The number of carbonyl (C=O) groups excluding carboxylic acids is 1. The second kappa shape index (κ2) is 9.27. The lowest BCUT2D eigenvalue weighted by Gasteiger charge is -2.15. The molecule has 2 aromatic carbocycles. The fraction of sp³-hybridized carbons (Fsp3) is 0.316. The lowest BCUT2D eigenvalue weighted by molar-refractivity contribution is -0.137. The molecule has 0 aromatic heterocycles. The van der Waals surface area contributed by atoms with E-state index >= 15 is 0 Å². The highest BCUT2D eigenvalue weighted by Crippen LogP contribution is 2.35. The first kappa shape index (κ1) is 20.6. The van der Waals surface area contributed by atoms with Gasteiger partial charge in [0.1, 0.15) is 18.1 Å². The number of benzene rings is 2. The molecule has 2 rings (SSSR count). The molecule has 0 aliphatic carbocycles. The zero-order chi connectivity index (χ0) is 19.9. The van der Waals surface area contributed by atoms with Crippen LogP contribution in [-0.2, 0) is 10.9 Å². The van der Waals surface area contributed by atoms with Gasteiger partial charge in [-0.3, -0.25) is 4.79 Å². The third-order valence-electron chi connectivity index (χ3n) is 3.53. The summed E-state index contributed by atoms with van der Waals surface area (Å²) in [4.78, 5) is 12.4. The highest BCUT2D eigenvalue weighted by molar-refractivity contribution is 6.05. The van der Waals surface area contributed by atoms with E-state index in [0.717, 1.165) is 12.1 Å². The van der Waals surface area contributed by atoms with Crippen LogP contribution in [0.25, 0.3) is 0 Å². The van der Waals surface area contributed by atoms with Crippen molar-refractivity contribution >= 4 is 11.6 Å².